The Kier molecular flexibility index (Phi) is 6.03. The summed E-state index contributed by atoms with van der Waals surface area (Å²) in [5.74, 6) is -0.120. The average molecular weight is 320 g/mol. The Bertz CT molecular complexity index is 490. The van der Waals surface area contributed by atoms with Gasteiger partial charge >= 0.3 is 0 Å². The molecule has 2 aliphatic rings. The molecule has 0 spiro atoms. The van der Waals surface area contributed by atoms with Crippen molar-refractivity contribution < 1.29 is 9.50 Å². The topological polar surface area (TPSA) is 26.7 Å². The minimum Gasteiger partial charge on any atom is -0.396 e. The number of aliphatic hydroxyl groups is 1. The van der Waals surface area contributed by atoms with Gasteiger partial charge in [0.05, 0.1) is 0 Å². The molecule has 0 aromatic heterocycles. The highest BCUT2D eigenvalue weighted by Crippen LogP contribution is 2.26. The number of hydrogen-bond acceptors (Lipinski definition) is 3. The third-order valence-electron chi connectivity index (χ3n) is 5.52. The Morgan fingerprint density at radius 3 is 2.61 bits per heavy atom. The lowest BCUT2D eigenvalue weighted by atomic mass is 9.92. The van der Waals surface area contributed by atoms with Gasteiger partial charge in [0, 0.05) is 50.4 Å². The van der Waals surface area contributed by atoms with E-state index in [1.165, 1.54) is 38.2 Å². The molecule has 0 unspecified atom stereocenters. The molecule has 23 heavy (non-hydrogen) atoms. The molecule has 3 nitrogen and oxygen atoms in total. The molecule has 1 aliphatic heterocycles. The Labute approximate surface area is 139 Å². The summed E-state index contributed by atoms with van der Waals surface area (Å²) in [5, 5.41) is 9.43. The van der Waals surface area contributed by atoms with Crippen LogP contribution in [0.2, 0.25) is 0 Å². The maximum atomic E-state index is 13.9. The van der Waals surface area contributed by atoms with E-state index in [1.807, 2.05) is 12.1 Å². The molecule has 1 heterocycles. The third kappa shape index (κ3) is 4.31. The fourth-order valence-corrected chi connectivity index (χ4v) is 4.17. The van der Waals surface area contributed by atoms with Crippen LogP contribution < -0.4 is 0 Å². The first kappa shape index (κ1) is 16.9. The number of nitrogens with zero attached hydrogens (tertiary/aromatic N) is 2. The highest BCUT2D eigenvalue weighted by Gasteiger charge is 2.31. The molecule has 0 radical (unpaired) electrons. The van der Waals surface area contributed by atoms with Gasteiger partial charge in [-0.15, -0.1) is 0 Å². The number of hydrogen-bond donors (Lipinski definition) is 1. The second kappa shape index (κ2) is 8.22. The first-order valence-corrected chi connectivity index (χ1v) is 9.10. The summed E-state index contributed by atoms with van der Waals surface area (Å²) in [4.78, 5) is 4.98. The normalized spacial score (nSPS) is 24.9. The molecule has 4 heteroatoms. The molecule has 3 rings (SSSR count). The maximum absolute atomic E-state index is 13.9. The first-order valence-electron chi connectivity index (χ1n) is 9.10. The van der Waals surface area contributed by atoms with Crippen LogP contribution in [0.15, 0.2) is 24.3 Å². The molecular formula is C19H29FN2O. The maximum Gasteiger partial charge on any atom is 0.127 e. The van der Waals surface area contributed by atoms with Crippen LogP contribution in [0.25, 0.3) is 0 Å². The molecule has 1 saturated carbocycles. The van der Waals surface area contributed by atoms with Crippen LogP contribution in [-0.4, -0.2) is 53.2 Å². The summed E-state index contributed by atoms with van der Waals surface area (Å²) in [6.45, 7) is 3.91. The molecule has 1 aliphatic carbocycles. The van der Waals surface area contributed by atoms with E-state index >= 15 is 0 Å². The van der Waals surface area contributed by atoms with Crippen molar-refractivity contribution in [3.8, 4) is 0 Å². The molecule has 1 atom stereocenters. The van der Waals surface area contributed by atoms with Crippen LogP contribution in [0, 0.1) is 5.82 Å². The smallest absolute Gasteiger partial charge is 0.127 e. The summed E-state index contributed by atoms with van der Waals surface area (Å²) in [6.07, 6.45) is 7.50. The molecule has 128 valence electrons. The van der Waals surface area contributed by atoms with E-state index in [1.54, 1.807) is 6.07 Å². The molecular weight excluding hydrogens is 291 g/mol. The van der Waals surface area contributed by atoms with E-state index in [2.05, 4.69) is 9.80 Å². The molecule has 1 saturated heterocycles. The van der Waals surface area contributed by atoms with Gasteiger partial charge in [0.15, 0.2) is 0 Å². The van der Waals surface area contributed by atoms with E-state index in [0.29, 0.717) is 12.6 Å². The van der Waals surface area contributed by atoms with Crippen molar-refractivity contribution in [1.29, 1.82) is 0 Å². The second-order valence-electron chi connectivity index (χ2n) is 7.01. The summed E-state index contributed by atoms with van der Waals surface area (Å²) >= 11 is 0. The summed E-state index contributed by atoms with van der Waals surface area (Å²) < 4.78 is 13.9. The van der Waals surface area contributed by atoms with Crippen molar-refractivity contribution in [3.63, 3.8) is 0 Å². The zero-order valence-corrected chi connectivity index (χ0v) is 14.0. The van der Waals surface area contributed by atoms with Crippen LogP contribution in [0.5, 0.6) is 0 Å². The van der Waals surface area contributed by atoms with Gasteiger partial charge in [0.2, 0.25) is 0 Å². The van der Waals surface area contributed by atoms with Crippen molar-refractivity contribution >= 4 is 0 Å². The van der Waals surface area contributed by atoms with Gasteiger partial charge in [-0.25, -0.2) is 4.39 Å². The molecule has 1 aromatic rings. The van der Waals surface area contributed by atoms with Gasteiger partial charge in [-0.1, -0.05) is 37.5 Å². The van der Waals surface area contributed by atoms with E-state index in [4.69, 9.17) is 0 Å². The minimum absolute atomic E-state index is 0.120. The van der Waals surface area contributed by atoms with Crippen molar-refractivity contribution in [2.24, 2.45) is 0 Å². The van der Waals surface area contributed by atoms with Crippen LogP contribution in [0.3, 0.4) is 0 Å². The number of benzene rings is 1. The predicted octanol–water partition coefficient (Wildman–Crippen LogP) is 3.03. The highest BCUT2D eigenvalue weighted by atomic mass is 19.1. The lowest BCUT2D eigenvalue weighted by Crippen LogP contribution is -2.56. The van der Waals surface area contributed by atoms with Crippen LogP contribution in [0.4, 0.5) is 4.39 Å². The molecule has 1 aromatic carbocycles. The molecule has 0 bridgehead atoms. The Morgan fingerprint density at radius 2 is 1.87 bits per heavy atom. The summed E-state index contributed by atoms with van der Waals surface area (Å²) in [7, 11) is 0. The fourth-order valence-electron chi connectivity index (χ4n) is 4.17. The zero-order valence-electron chi connectivity index (χ0n) is 14.0. The molecule has 0 amide bonds. The van der Waals surface area contributed by atoms with E-state index in [-0.39, 0.29) is 12.4 Å². The predicted molar refractivity (Wildman–Crippen MR) is 90.7 cm³/mol. The SMILES string of the molecule is OCC[C@H]1CN(C2CCCCC2)CCN1Cc1ccccc1F. The van der Waals surface area contributed by atoms with Crippen molar-refractivity contribution in [3.05, 3.63) is 35.6 Å². The quantitative estimate of drug-likeness (QED) is 0.903. The lowest BCUT2D eigenvalue weighted by molar-refractivity contribution is 0.0217. The summed E-state index contributed by atoms with van der Waals surface area (Å²) in [5.41, 5.74) is 0.765. The number of piperazine rings is 1. The van der Waals surface area contributed by atoms with E-state index < -0.39 is 0 Å². The van der Waals surface area contributed by atoms with Gasteiger partial charge in [-0.2, -0.15) is 0 Å². The van der Waals surface area contributed by atoms with Gasteiger partial charge in [-0.3, -0.25) is 9.80 Å². The minimum atomic E-state index is -0.120. The van der Waals surface area contributed by atoms with Crippen molar-refractivity contribution in [2.75, 3.05) is 26.2 Å². The Morgan fingerprint density at radius 1 is 1.09 bits per heavy atom. The van der Waals surface area contributed by atoms with E-state index in [0.717, 1.165) is 37.7 Å². The van der Waals surface area contributed by atoms with Gasteiger partial charge in [0.25, 0.3) is 0 Å². The standard InChI is InChI=1S/C19H29FN2O/c20-19-9-5-4-6-16(19)14-21-11-12-22(15-18(21)10-13-23)17-7-2-1-3-8-17/h4-6,9,17-18,23H,1-3,7-8,10-15H2/t18-/m0/s1. The molecule has 2 fully saturated rings. The zero-order chi connectivity index (χ0) is 16.1. The second-order valence-corrected chi connectivity index (χ2v) is 7.01. The van der Waals surface area contributed by atoms with E-state index in [9.17, 15) is 9.50 Å². The van der Waals surface area contributed by atoms with Crippen molar-refractivity contribution in [1.82, 2.24) is 9.80 Å². The lowest BCUT2D eigenvalue weighted by Gasteiger charge is -2.45. The first-order chi connectivity index (χ1) is 11.3. The van der Waals surface area contributed by atoms with Crippen molar-refractivity contribution in [2.45, 2.75) is 57.2 Å². The van der Waals surface area contributed by atoms with Gasteiger partial charge < -0.3 is 5.11 Å². The highest BCUT2D eigenvalue weighted by molar-refractivity contribution is 5.17. The van der Waals surface area contributed by atoms with Gasteiger partial charge in [-0.05, 0) is 25.3 Å². The van der Waals surface area contributed by atoms with Crippen LogP contribution in [-0.2, 0) is 6.54 Å². The number of aliphatic hydroxyl groups excluding tert-OH is 1. The summed E-state index contributed by atoms with van der Waals surface area (Å²) in [6, 6.07) is 8.10. The molecule has 1 N–H and O–H groups in total. The fraction of sp³-hybridized carbons (Fsp3) is 0.684. The van der Waals surface area contributed by atoms with Crippen LogP contribution in [0.1, 0.15) is 44.1 Å². The Balaban J connectivity index is 1.63. The van der Waals surface area contributed by atoms with Gasteiger partial charge in [0.1, 0.15) is 5.82 Å². The third-order valence-corrected chi connectivity index (χ3v) is 5.52. The largest absolute Gasteiger partial charge is 0.396 e. The number of rotatable bonds is 5. The monoisotopic (exact) mass is 320 g/mol. The average Bonchev–Trinajstić information content (AvgIpc) is 2.59. The Hall–Kier alpha value is -0.970. The number of halogens is 1. The van der Waals surface area contributed by atoms with Crippen LogP contribution >= 0.6 is 0 Å².